The predicted molar refractivity (Wildman–Crippen MR) is 160 cm³/mol. The number of nitriles is 2. The molecule has 204 valence electrons. The number of azo groups is 1. The zero-order valence-electron chi connectivity index (χ0n) is 23.8. The highest BCUT2D eigenvalue weighted by Gasteiger charge is 2.23. The van der Waals surface area contributed by atoms with Gasteiger partial charge < -0.3 is 4.90 Å². The third-order valence-electron chi connectivity index (χ3n) is 6.87. The lowest BCUT2D eigenvalue weighted by molar-refractivity contribution is 0.606. The van der Waals surface area contributed by atoms with E-state index in [0.29, 0.717) is 17.5 Å². The largest absolute Gasteiger partial charge is 0.343 e. The van der Waals surface area contributed by atoms with Crippen LogP contribution in [-0.2, 0) is 6.54 Å². The van der Waals surface area contributed by atoms with Gasteiger partial charge in [0, 0.05) is 17.6 Å². The van der Waals surface area contributed by atoms with Gasteiger partial charge in [0.25, 0.3) is 5.95 Å². The maximum atomic E-state index is 9.87. The molecule has 0 bridgehead atoms. The van der Waals surface area contributed by atoms with E-state index in [4.69, 9.17) is 4.98 Å². The standard InChI is InChI=1S/C31H34N8S/c1-7-22(6)24-15-13-23(14-16-24)19-38-27(18-33)26(17-32)34-30(38)37-36-29-28(25-11-9-8-10-12-25)35-31(40-29)39(20(2)3)21(4)5/h8-16,20-22H,7,19H2,1-6H3. The second-order valence-corrected chi connectivity index (χ2v) is 11.2. The molecule has 9 heteroatoms. The van der Waals surface area contributed by atoms with Crippen LogP contribution in [0.2, 0.25) is 0 Å². The van der Waals surface area contributed by atoms with Crippen LogP contribution in [0.4, 0.5) is 16.1 Å². The average molecular weight is 551 g/mol. The van der Waals surface area contributed by atoms with E-state index in [-0.39, 0.29) is 29.4 Å². The molecule has 8 nitrogen and oxygen atoms in total. The van der Waals surface area contributed by atoms with Crippen LogP contribution in [0.3, 0.4) is 0 Å². The Labute approximate surface area is 240 Å². The third kappa shape index (κ3) is 6.11. The van der Waals surface area contributed by atoms with Crippen molar-refractivity contribution in [2.24, 2.45) is 10.2 Å². The summed E-state index contributed by atoms with van der Waals surface area (Å²) in [7, 11) is 0. The molecule has 0 saturated heterocycles. The van der Waals surface area contributed by atoms with Gasteiger partial charge in [0.05, 0.1) is 6.54 Å². The minimum absolute atomic E-state index is 0.0340. The number of imidazole rings is 1. The lowest BCUT2D eigenvalue weighted by Gasteiger charge is -2.30. The van der Waals surface area contributed by atoms with Crippen LogP contribution in [0, 0.1) is 22.7 Å². The predicted octanol–water partition coefficient (Wildman–Crippen LogP) is 8.35. The van der Waals surface area contributed by atoms with Crippen LogP contribution >= 0.6 is 11.3 Å². The zero-order chi connectivity index (χ0) is 28.8. The Morgan fingerprint density at radius 3 is 2.15 bits per heavy atom. The number of hydrogen-bond acceptors (Lipinski definition) is 8. The zero-order valence-corrected chi connectivity index (χ0v) is 24.6. The summed E-state index contributed by atoms with van der Waals surface area (Å²) in [6, 6.07) is 22.9. The number of hydrogen-bond donors (Lipinski definition) is 0. The Hall–Kier alpha value is -4.34. The molecule has 0 saturated carbocycles. The molecule has 0 N–H and O–H groups in total. The number of benzene rings is 2. The molecule has 4 rings (SSSR count). The van der Waals surface area contributed by atoms with Crippen LogP contribution in [0.25, 0.3) is 11.3 Å². The van der Waals surface area contributed by atoms with Gasteiger partial charge in [-0.25, -0.2) is 4.98 Å². The van der Waals surface area contributed by atoms with Crippen molar-refractivity contribution in [1.29, 1.82) is 10.5 Å². The molecule has 40 heavy (non-hydrogen) atoms. The fourth-order valence-electron chi connectivity index (χ4n) is 4.62. The van der Waals surface area contributed by atoms with Gasteiger partial charge in [-0.05, 0) is 51.2 Å². The summed E-state index contributed by atoms with van der Waals surface area (Å²) in [6.45, 7) is 13.3. The average Bonchev–Trinajstić information content (AvgIpc) is 3.52. The number of anilines is 1. The highest BCUT2D eigenvalue weighted by atomic mass is 32.1. The van der Waals surface area contributed by atoms with Crippen molar-refractivity contribution < 1.29 is 0 Å². The quantitative estimate of drug-likeness (QED) is 0.184. The van der Waals surface area contributed by atoms with E-state index in [1.165, 1.54) is 16.9 Å². The van der Waals surface area contributed by atoms with Crippen molar-refractivity contribution in [1.82, 2.24) is 14.5 Å². The van der Waals surface area contributed by atoms with Gasteiger partial charge in [-0.1, -0.05) is 79.8 Å². The fourth-order valence-corrected chi connectivity index (χ4v) is 5.80. The highest BCUT2D eigenvalue weighted by molar-refractivity contribution is 7.19. The second-order valence-electron chi connectivity index (χ2n) is 10.3. The molecule has 2 aromatic carbocycles. The van der Waals surface area contributed by atoms with E-state index in [0.717, 1.165) is 28.4 Å². The molecule has 2 heterocycles. The Morgan fingerprint density at radius 1 is 0.900 bits per heavy atom. The first-order chi connectivity index (χ1) is 19.3. The van der Waals surface area contributed by atoms with Crippen molar-refractivity contribution in [3.8, 4) is 23.4 Å². The van der Waals surface area contributed by atoms with Gasteiger partial charge in [0.15, 0.2) is 21.5 Å². The molecule has 0 radical (unpaired) electrons. The first kappa shape index (κ1) is 28.7. The molecule has 1 unspecified atom stereocenters. The Balaban J connectivity index is 1.77. The number of nitrogens with zero attached hydrogens (tertiary/aromatic N) is 8. The summed E-state index contributed by atoms with van der Waals surface area (Å²) in [5.74, 6) is 0.676. The van der Waals surface area contributed by atoms with E-state index < -0.39 is 0 Å². The Kier molecular flexibility index (Phi) is 9.08. The Bertz CT molecular complexity index is 1540. The SMILES string of the molecule is CCC(C)c1ccc(Cn2c(N=Nc3sc(N(C(C)C)C(C)C)nc3-c3ccccc3)nc(C#N)c2C#N)cc1. The first-order valence-corrected chi connectivity index (χ1v) is 14.3. The summed E-state index contributed by atoms with van der Waals surface area (Å²) >= 11 is 1.46. The van der Waals surface area contributed by atoms with E-state index in [1.54, 1.807) is 4.57 Å². The molecule has 2 aromatic heterocycles. The smallest absolute Gasteiger partial charge is 0.252 e. The van der Waals surface area contributed by atoms with E-state index in [1.807, 2.05) is 48.5 Å². The normalized spacial score (nSPS) is 12.2. The van der Waals surface area contributed by atoms with Crippen LogP contribution < -0.4 is 4.90 Å². The molecular formula is C31H34N8S. The van der Waals surface area contributed by atoms with Crippen molar-refractivity contribution in [3.05, 3.63) is 77.1 Å². The van der Waals surface area contributed by atoms with Crippen molar-refractivity contribution >= 4 is 27.4 Å². The van der Waals surface area contributed by atoms with Crippen LogP contribution in [-0.4, -0.2) is 26.6 Å². The fraction of sp³-hybridized carbons (Fsp3) is 0.355. The molecule has 0 fully saturated rings. The maximum Gasteiger partial charge on any atom is 0.252 e. The van der Waals surface area contributed by atoms with E-state index in [9.17, 15) is 10.5 Å². The van der Waals surface area contributed by atoms with Gasteiger partial charge in [-0.3, -0.25) is 4.57 Å². The second kappa shape index (κ2) is 12.7. The van der Waals surface area contributed by atoms with E-state index in [2.05, 4.69) is 79.9 Å². The summed E-state index contributed by atoms with van der Waals surface area (Å²) in [5.41, 5.74) is 4.12. The third-order valence-corrected chi connectivity index (χ3v) is 7.82. The number of rotatable bonds is 10. The van der Waals surface area contributed by atoms with Crippen LogP contribution in [0.1, 0.15) is 76.4 Å². The molecule has 0 aliphatic heterocycles. The molecule has 1 atom stereocenters. The molecule has 0 aliphatic rings. The minimum Gasteiger partial charge on any atom is -0.343 e. The van der Waals surface area contributed by atoms with E-state index >= 15 is 0 Å². The molecule has 0 aliphatic carbocycles. The summed E-state index contributed by atoms with van der Waals surface area (Å²) < 4.78 is 1.65. The van der Waals surface area contributed by atoms with Gasteiger partial charge >= 0.3 is 0 Å². The van der Waals surface area contributed by atoms with Crippen LogP contribution in [0.5, 0.6) is 0 Å². The van der Waals surface area contributed by atoms with Gasteiger partial charge in [-0.15, -0.1) is 10.2 Å². The molecule has 0 spiro atoms. The topological polar surface area (TPSA) is 106 Å². The first-order valence-electron chi connectivity index (χ1n) is 13.5. The summed E-state index contributed by atoms with van der Waals surface area (Å²) in [6.07, 6.45) is 1.06. The van der Waals surface area contributed by atoms with Crippen LogP contribution in [0.15, 0.2) is 64.8 Å². The lowest BCUT2D eigenvalue weighted by atomic mass is 9.98. The molecular weight excluding hydrogens is 516 g/mol. The lowest BCUT2D eigenvalue weighted by Crippen LogP contribution is -2.36. The van der Waals surface area contributed by atoms with Crippen molar-refractivity contribution in [2.45, 2.75) is 72.5 Å². The summed E-state index contributed by atoms with van der Waals surface area (Å²) in [5, 5.41) is 30.1. The van der Waals surface area contributed by atoms with Gasteiger partial charge in [-0.2, -0.15) is 15.5 Å². The van der Waals surface area contributed by atoms with Crippen molar-refractivity contribution in [3.63, 3.8) is 0 Å². The monoisotopic (exact) mass is 550 g/mol. The number of thiazole rings is 1. The molecule has 0 amide bonds. The highest BCUT2D eigenvalue weighted by Crippen LogP contribution is 2.41. The van der Waals surface area contributed by atoms with Gasteiger partial charge in [0.2, 0.25) is 0 Å². The Morgan fingerprint density at radius 2 is 1.57 bits per heavy atom. The van der Waals surface area contributed by atoms with Gasteiger partial charge in [0.1, 0.15) is 17.8 Å². The summed E-state index contributed by atoms with van der Waals surface area (Å²) in [4.78, 5) is 11.6. The molecule has 4 aromatic rings. The maximum absolute atomic E-state index is 9.87. The van der Waals surface area contributed by atoms with Crippen molar-refractivity contribution in [2.75, 3.05) is 4.90 Å². The number of aromatic nitrogens is 3. The minimum atomic E-state index is 0.0340.